The normalized spacial score (nSPS) is 17.8. The van der Waals surface area contributed by atoms with Crippen LogP contribution in [0, 0.1) is 0 Å². The van der Waals surface area contributed by atoms with Crippen molar-refractivity contribution in [3.63, 3.8) is 0 Å². The van der Waals surface area contributed by atoms with E-state index in [0.717, 1.165) is 6.42 Å². The topological polar surface area (TPSA) is 103 Å². The van der Waals surface area contributed by atoms with E-state index in [1.165, 1.54) is 35.9 Å². The van der Waals surface area contributed by atoms with Crippen LogP contribution in [0.4, 0.5) is 0 Å². The molecular formula is C19H21NO7S. The minimum Gasteiger partial charge on any atom is -0.463 e. The summed E-state index contributed by atoms with van der Waals surface area (Å²) >= 11 is 0. The van der Waals surface area contributed by atoms with Crippen LogP contribution in [0.1, 0.15) is 35.4 Å². The number of nitrogens with zero attached hydrogens (tertiary/aromatic N) is 1. The highest BCUT2D eigenvalue weighted by molar-refractivity contribution is 7.89. The zero-order chi connectivity index (χ0) is 20.1. The van der Waals surface area contributed by atoms with Crippen molar-refractivity contribution < 1.29 is 31.9 Å². The Morgan fingerprint density at radius 1 is 1.18 bits per heavy atom. The molecule has 8 nitrogen and oxygen atoms in total. The maximum atomic E-state index is 13.0. The van der Waals surface area contributed by atoms with E-state index in [-0.39, 0.29) is 23.8 Å². The van der Waals surface area contributed by atoms with Gasteiger partial charge in [-0.2, -0.15) is 4.31 Å². The van der Waals surface area contributed by atoms with Gasteiger partial charge in [-0.05, 0) is 37.5 Å². The predicted octanol–water partition coefficient (Wildman–Crippen LogP) is 2.35. The molecule has 2 heterocycles. The smallest absolute Gasteiger partial charge is 0.374 e. The molecule has 1 aromatic carbocycles. The number of benzene rings is 1. The fourth-order valence-electron chi connectivity index (χ4n) is 3.12. The van der Waals surface area contributed by atoms with Crippen molar-refractivity contribution in [2.24, 2.45) is 0 Å². The maximum absolute atomic E-state index is 13.0. The fourth-order valence-corrected chi connectivity index (χ4v) is 4.79. The van der Waals surface area contributed by atoms with Crippen LogP contribution < -0.4 is 0 Å². The van der Waals surface area contributed by atoms with Crippen LogP contribution in [0.3, 0.4) is 0 Å². The van der Waals surface area contributed by atoms with Crippen LogP contribution in [-0.2, 0) is 30.9 Å². The van der Waals surface area contributed by atoms with E-state index >= 15 is 0 Å². The van der Waals surface area contributed by atoms with Gasteiger partial charge in [0.2, 0.25) is 15.8 Å². The molecule has 1 unspecified atom stereocenters. The van der Waals surface area contributed by atoms with Gasteiger partial charge in [-0.25, -0.2) is 13.2 Å². The number of carbonyl (C=O) groups is 2. The largest absolute Gasteiger partial charge is 0.463 e. The first kappa shape index (κ1) is 20.1. The molecule has 0 bridgehead atoms. The third-order valence-electron chi connectivity index (χ3n) is 4.56. The van der Waals surface area contributed by atoms with E-state index < -0.39 is 28.0 Å². The van der Waals surface area contributed by atoms with Crippen molar-refractivity contribution in [2.75, 3.05) is 13.7 Å². The van der Waals surface area contributed by atoms with Crippen molar-refractivity contribution in [2.45, 2.75) is 36.8 Å². The molecule has 3 rings (SSSR count). The van der Waals surface area contributed by atoms with Gasteiger partial charge >= 0.3 is 11.9 Å². The summed E-state index contributed by atoms with van der Waals surface area (Å²) in [6, 6.07) is 8.59. The molecule has 0 spiro atoms. The zero-order valence-corrected chi connectivity index (χ0v) is 16.2. The average molecular weight is 407 g/mol. The number of carbonyl (C=O) groups excluding carboxylic acids is 2. The first-order valence-corrected chi connectivity index (χ1v) is 10.3. The quantitative estimate of drug-likeness (QED) is 0.677. The summed E-state index contributed by atoms with van der Waals surface area (Å²) in [4.78, 5) is 24.4. The van der Waals surface area contributed by atoms with Gasteiger partial charge in [0.05, 0.1) is 18.3 Å². The Morgan fingerprint density at radius 2 is 1.93 bits per heavy atom. The molecule has 2 aromatic rings. The Kier molecular flexibility index (Phi) is 6.15. The van der Waals surface area contributed by atoms with Crippen LogP contribution in [0.25, 0.3) is 0 Å². The number of esters is 2. The van der Waals surface area contributed by atoms with Crippen LogP contribution in [-0.4, -0.2) is 44.4 Å². The number of furan rings is 1. The van der Waals surface area contributed by atoms with E-state index in [0.29, 0.717) is 18.4 Å². The first-order valence-electron chi connectivity index (χ1n) is 8.83. The third kappa shape index (κ3) is 4.10. The highest BCUT2D eigenvalue weighted by Gasteiger charge is 2.38. The lowest BCUT2D eigenvalue weighted by atomic mass is 10.1. The van der Waals surface area contributed by atoms with Crippen molar-refractivity contribution >= 4 is 22.0 Å². The summed E-state index contributed by atoms with van der Waals surface area (Å²) < 4.78 is 42.1. The minimum atomic E-state index is -3.81. The molecule has 150 valence electrons. The average Bonchev–Trinajstić information content (AvgIpc) is 3.20. The SMILES string of the molecule is COC(=O)c1occc1COC(=O)C1CCCCN1S(=O)(=O)c1ccccc1. The fraction of sp³-hybridized carbons (Fsp3) is 0.368. The second-order valence-electron chi connectivity index (χ2n) is 6.31. The second-order valence-corrected chi connectivity index (χ2v) is 8.21. The number of sulfonamides is 1. The van der Waals surface area contributed by atoms with E-state index in [1.54, 1.807) is 18.2 Å². The third-order valence-corrected chi connectivity index (χ3v) is 6.49. The summed E-state index contributed by atoms with van der Waals surface area (Å²) in [6.07, 6.45) is 3.06. The molecule has 0 aliphatic carbocycles. The van der Waals surface area contributed by atoms with E-state index in [2.05, 4.69) is 4.74 Å². The number of ether oxygens (including phenoxy) is 2. The summed E-state index contributed by atoms with van der Waals surface area (Å²) in [5, 5.41) is 0. The minimum absolute atomic E-state index is 0.0484. The monoisotopic (exact) mass is 407 g/mol. The van der Waals surface area contributed by atoms with Crippen LogP contribution in [0.2, 0.25) is 0 Å². The number of piperidine rings is 1. The number of hydrogen-bond acceptors (Lipinski definition) is 7. The van der Waals surface area contributed by atoms with Crippen LogP contribution in [0.15, 0.2) is 52.0 Å². The molecule has 9 heteroatoms. The van der Waals surface area contributed by atoms with E-state index in [9.17, 15) is 18.0 Å². The van der Waals surface area contributed by atoms with Crippen molar-refractivity contribution in [1.29, 1.82) is 0 Å². The summed E-state index contributed by atoms with van der Waals surface area (Å²) in [5.74, 6) is -1.38. The maximum Gasteiger partial charge on any atom is 0.374 e. The van der Waals surface area contributed by atoms with Crippen LogP contribution in [0.5, 0.6) is 0 Å². The van der Waals surface area contributed by atoms with Gasteiger partial charge in [-0.1, -0.05) is 18.2 Å². The molecule has 0 saturated carbocycles. The Morgan fingerprint density at radius 3 is 2.64 bits per heavy atom. The molecular weight excluding hydrogens is 386 g/mol. The molecule has 1 fully saturated rings. The van der Waals surface area contributed by atoms with Gasteiger partial charge in [0.1, 0.15) is 12.6 Å². The molecule has 1 saturated heterocycles. The molecule has 1 aliphatic heterocycles. The van der Waals surface area contributed by atoms with E-state index in [1.807, 2.05) is 0 Å². The van der Waals surface area contributed by atoms with Gasteiger partial charge in [0.15, 0.2) is 0 Å². The molecule has 0 radical (unpaired) electrons. The molecule has 1 atom stereocenters. The van der Waals surface area contributed by atoms with Gasteiger partial charge in [-0.3, -0.25) is 4.79 Å². The van der Waals surface area contributed by atoms with Gasteiger partial charge in [0, 0.05) is 12.1 Å². The zero-order valence-electron chi connectivity index (χ0n) is 15.4. The highest BCUT2D eigenvalue weighted by Crippen LogP contribution is 2.26. The summed E-state index contributed by atoms with van der Waals surface area (Å²) in [6.45, 7) is 0.0333. The standard InChI is InChI=1S/C19H21NO7S/c1-25-19(22)17-14(10-12-26-17)13-27-18(21)16-9-5-6-11-20(16)28(23,24)15-7-3-2-4-8-15/h2-4,7-8,10,12,16H,5-6,9,11,13H2,1H3. The molecule has 28 heavy (non-hydrogen) atoms. The molecule has 1 aromatic heterocycles. The predicted molar refractivity (Wildman–Crippen MR) is 97.8 cm³/mol. The lowest BCUT2D eigenvalue weighted by molar-refractivity contribution is -0.150. The van der Waals surface area contributed by atoms with Crippen LogP contribution >= 0.6 is 0 Å². The lowest BCUT2D eigenvalue weighted by Crippen LogP contribution is -2.48. The van der Waals surface area contributed by atoms with Crippen molar-refractivity contribution in [1.82, 2.24) is 4.31 Å². The lowest BCUT2D eigenvalue weighted by Gasteiger charge is -2.33. The Balaban J connectivity index is 1.75. The van der Waals surface area contributed by atoms with Gasteiger partial charge < -0.3 is 13.9 Å². The molecule has 1 aliphatic rings. The van der Waals surface area contributed by atoms with Gasteiger partial charge in [0.25, 0.3) is 0 Å². The summed E-state index contributed by atoms with van der Waals surface area (Å²) in [7, 11) is -2.60. The van der Waals surface area contributed by atoms with E-state index in [4.69, 9.17) is 9.15 Å². The summed E-state index contributed by atoms with van der Waals surface area (Å²) in [5.41, 5.74) is 0.355. The molecule has 0 amide bonds. The number of methoxy groups -OCH3 is 1. The first-order chi connectivity index (χ1) is 13.4. The number of rotatable bonds is 6. The Bertz CT molecular complexity index is 936. The second kappa shape index (κ2) is 8.57. The molecule has 0 N–H and O–H groups in total. The van der Waals surface area contributed by atoms with Crippen molar-refractivity contribution in [3.05, 3.63) is 54.0 Å². The highest BCUT2D eigenvalue weighted by atomic mass is 32.2. The van der Waals surface area contributed by atoms with Gasteiger partial charge in [-0.15, -0.1) is 0 Å². The Hall–Kier alpha value is -2.65. The van der Waals surface area contributed by atoms with Crippen molar-refractivity contribution in [3.8, 4) is 0 Å². The number of hydrogen-bond donors (Lipinski definition) is 0. The Labute approximate surface area is 163 Å².